The van der Waals surface area contributed by atoms with Crippen molar-refractivity contribution in [2.45, 2.75) is 32.8 Å². The van der Waals surface area contributed by atoms with Crippen LogP contribution in [0.5, 0.6) is 0 Å². The minimum atomic E-state index is 0.176. The maximum Gasteiger partial charge on any atom is 0.0962 e. The van der Waals surface area contributed by atoms with Crippen molar-refractivity contribution >= 4 is 5.69 Å². The van der Waals surface area contributed by atoms with Crippen LogP contribution in [0.2, 0.25) is 0 Å². The number of rotatable bonds is 2. The topological polar surface area (TPSA) is 38.5 Å². The molecule has 1 fully saturated rings. The molecule has 3 nitrogen and oxygen atoms in total. The van der Waals surface area contributed by atoms with Crippen LogP contribution < -0.4 is 10.8 Å². The number of benzene rings is 1. The number of anilines is 1. The molecule has 1 atom stereocenters. The number of hydrogen-bond donors (Lipinski definition) is 1. The van der Waals surface area contributed by atoms with Crippen LogP contribution in [0.25, 0.3) is 0 Å². The van der Waals surface area contributed by atoms with Gasteiger partial charge >= 0.3 is 0 Å². The Balaban J connectivity index is 2.13. The lowest BCUT2D eigenvalue weighted by Gasteiger charge is -2.33. The zero-order chi connectivity index (χ0) is 11.5. The molecule has 1 aliphatic rings. The highest BCUT2D eigenvalue weighted by Crippen LogP contribution is 2.23. The Labute approximate surface area is 97.1 Å². The predicted octanol–water partition coefficient (Wildman–Crippen LogP) is 2.16. The molecule has 0 spiro atoms. The van der Waals surface area contributed by atoms with Gasteiger partial charge in [-0.05, 0) is 49.9 Å². The molecule has 1 aliphatic heterocycles. The minimum absolute atomic E-state index is 0.176. The van der Waals surface area contributed by atoms with E-state index >= 15 is 0 Å². The molecule has 1 aromatic carbocycles. The second-order valence-electron chi connectivity index (χ2n) is 4.61. The van der Waals surface area contributed by atoms with Gasteiger partial charge in [0, 0.05) is 18.8 Å². The van der Waals surface area contributed by atoms with Gasteiger partial charge in [-0.25, -0.2) is 5.90 Å². The van der Waals surface area contributed by atoms with Crippen LogP contribution in [0.3, 0.4) is 0 Å². The van der Waals surface area contributed by atoms with Crippen LogP contribution in [0.15, 0.2) is 18.2 Å². The van der Waals surface area contributed by atoms with Crippen molar-refractivity contribution in [3.8, 4) is 0 Å². The molecular formula is C13H20N2O. The van der Waals surface area contributed by atoms with E-state index in [0.29, 0.717) is 0 Å². The fraction of sp³-hybridized carbons (Fsp3) is 0.538. The molecular weight excluding hydrogens is 200 g/mol. The average molecular weight is 220 g/mol. The van der Waals surface area contributed by atoms with E-state index < -0.39 is 0 Å². The third-order valence-electron chi connectivity index (χ3n) is 3.43. The molecule has 2 N–H and O–H groups in total. The van der Waals surface area contributed by atoms with Crippen LogP contribution in [0, 0.1) is 13.8 Å². The van der Waals surface area contributed by atoms with E-state index in [-0.39, 0.29) is 6.10 Å². The van der Waals surface area contributed by atoms with Gasteiger partial charge in [-0.3, -0.25) is 4.84 Å². The molecule has 16 heavy (non-hydrogen) atoms. The minimum Gasteiger partial charge on any atom is -0.369 e. The quantitative estimate of drug-likeness (QED) is 0.776. The van der Waals surface area contributed by atoms with E-state index in [1.165, 1.54) is 16.8 Å². The summed E-state index contributed by atoms with van der Waals surface area (Å²) < 4.78 is 0. The van der Waals surface area contributed by atoms with Gasteiger partial charge in [-0.15, -0.1) is 0 Å². The standard InChI is InChI=1S/C13H20N2O/c1-10-5-6-12(8-11(10)2)15-7-3-4-13(9-15)16-14/h5-6,8,13H,3-4,7,9,14H2,1-2H3. The Bertz CT molecular complexity index is 365. The summed E-state index contributed by atoms with van der Waals surface area (Å²) in [7, 11) is 0. The number of nitrogens with two attached hydrogens (primary N) is 1. The Morgan fingerprint density at radius 3 is 2.81 bits per heavy atom. The number of piperidine rings is 1. The second-order valence-corrected chi connectivity index (χ2v) is 4.61. The Hall–Kier alpha value is -1.06. The maximum absolute atomic E-state index is 5.27. The highest BCUT2D eigenvalue weighted by molar-refractivity contribution is 5.51. The molecule has 0 aromatic heterocycles. The Morgan fingerprint density at radius 2 is 2.12 bits per heavy atom. The Kier molecular flexibility index (Phi) is 3.46. The molecule has 0 radical (unpaired) electrons. The molecule has 0 bridgehead atoms. The lowest BCUT2D eigenvalue weighted by atomic mass is 10.1. The van der Waals surface area contributed by atoms with Crippen molar-refractivity contribution in [1.82, 2.24) is 0 Å². The van der Waals surface area contributed by atoms with Gasteiger partial charge < -0.3 is 4.90 Å². The summed E-state index contributed by atoms with van der Waals surface area (Å²) in [6.07, 6.45) is 2.39. The van der Waals surface area contributed by atoms with Gasteiger partial charge in [-0.2, -0.15) is 0 Å². The molecule has 1 unspecified atom stereocenters. The second kappa shape index (κ2) is 4.85. The predicted molar refractivity (Wildman–Crippen MR) is 66.4 cm³/mol. The fourth-order valence-electron chi connectivity index (χ4n) is 2.21. The SMILES string of the molecule is Cc1ccc(N2CCCC(ON)C2)cc1C. The first-order chi connectivity index (χ1) is 7.70. The van der Waals surface area contributed by atoms with E-state index in [0.717, 1.165) is 25.9 Å². The molecule has 1 saturated heterocycles. The number of hydrogen-bond acceptors (Lipinski definition) is 3. The van der Waals surface area contributed by atoms with Crippen molar-refractivity contribution in [3.05, 3.63) is 29.3 Å². The van der Waals surface area contributed by atoms with Crippen LogP contribution in [-0.4, -0.2) is 19.2 Å². The normalized spacial score (nSPS) is 21.2. The molecule has 2 rings (SSSR count). The van der Waals surface area contributed by atoms with E-state index in [1.54, 1.807) is 0 Å². The summed E-state index contributed by atoms with van der Waals surface area (Å²) in [5, 5.41) is 0. The first-order valence-corrected chi connectivity index (χ1v) is 5.88. The summed E-state index contributed by atoms with van der Waals surface area (Å²) in [4.78, 5) is 7.31. The van der Waals surface area contributed by atoms with Gasteiger partial charge in [0.2, 0.25) is 0 Å². The highest BCUT2D eigenvalue weighted by Gasteiger charge is 2.20. The molecule has 0 saturated carbocycles. The Morgan fingerprint density at radius 1 is 1.31 bits per heavy atom. The summed E-state index contributed by atoms with van der Waals surface area (Å²) in [6.45, 7) is 6.29. The molecule has 3 heteroatoms. The zero-order valence-corrected chi connectivity index (χ0v) is 10.1. The van der Waals surface area contributed by atoms with Crippen molar-refractivity contribution in [3.63, 3.8) is 0 Å². The first kappa shape index (κ1) is 11.4. The van der Waals surface area contributed by atoms with E-state index in [1.807, 2.05) is 0 Å². The zero-order valence-electron chi connectivity index (χ0n) is 10.1. The summed E-state index contributed by atoms with van der Waals surface area (Å²) >= 11 is 0. The van der Waals surface area contributed by atoms with Crippen molar-refractivity contribution in [2.75, 3.05) is 18.0 Å². The highest BCUT2D eigenvalue weighted by atomic mass is 16.6. The van der Waals surface area contributed by atoms with Crippen molar-refractivity contribution in [2.24, 2.45) is 5.90 Å². The summed E-state index contributed by atoms with van der Waals surface area (Å²) in [5.41, 5.74) is 3.96. The number of nitrogens with zero attached hydrogens (tertiary/aromatic N) is 1. The number of aryl methyl sites for hydroxylation is 2. The maximum atomic E-state index is 5.27. The monoisotopic (exact) mass is 220 g/mol. The summed E-state index contributed by atoms with van der Waals surface area (Å²) in [6, 6.07) is 6.60. The van der Waals surface area contributed by atoms with Crippen LogP contribution >= 0.6 is 0 Å². The summed E-state index contributed by atoms with van der Waals surface area (Å²) in [5.74, 6) is 5.27. The first-order valence-electron chi connectivity index (χ1n) is 5.88. The van der Waals surface area contributed by atoms with E-state index in [4.69, 9.17) is 10.7 Å². The molecule has 0 aliphatic carbocycles. The lowest BCUT2D eigenvalue weighted by molar-refractivity contribution is 0.0435. The van der Waals surface area contributed by atoms with Gasteiger partial charge in [0.1, 0.15) is 0 Å². The lowest BCUT2D eigenvalue weighted by Crippen LogP contribution is -2.40. The fourth-order valence-corrected chi connectivity index (χ4v) is 2.21. The van der Waals surface area contributed by atoms with Gasteiger partial charge in [-0.1, -0.05) is 6.07 Å². The van der Waals surface area contributed by atoms with Gasteiger partial charge in [0.25, 0.3) is 0 Å². The molecule has 1 heterocycles. The van der Waals surface area contributed by atoms with Gasteiger partial charge in [0.05, 0.1) is 6.10 Å². The van der Waals surface area contributed by atoms with Crippen LogP contribution in [-0.2, 0) is 4.84 Å². The van der Waals surface area contributed by atoms with Gasteiger partial charge in [0.15, 0.2) is 0 Å². The van der Waals surface area contributed by atoms with Crippen LogP contribution in [0.4, 0.5) is 5.69 Å². The molecule has 0 amide bonds. The van der Waals surface area contributed by atoms with Crippen molar-refractivity contribution < 1.29 is 4.84 Å². The third kappa shape index (κ3) is 2.36. The smallest absolute Gasteiger partial charge is 0.0962 e. The van der Waals surface area contributed by atoms with E-state index in [9.17, 15) is 0 Å². The molecule has 88 valence electrons. The third-order valence-corrected chi connectivity index (χ3v) is 3.43. The van der Waals surface area contributed by atoms with Crippen LogP contribution in [0.1, 0.15) is 24.0 Å². The molecule has 1 aromatic rings. The van der Waals surface area contributed by atoms with E-state index in [2.05, 4.69) is 36.9 Å². The largest absolute Gasteiger partial charge is 0.369 e. The van der Waals surface area contributed by atoms with Crippen molar-refractivity contribution in [1.29, 1.82) is 0 Å². The average Bonchev–Trinajstić information content (AvgIpc) is 2.33.